The molecule has 0 aliphatic rings. The highest BCUT2D eigenvalue weighted by Gasteiger charge is 2.29. The fraction of sp³-hybridized carbons (Fsp3) is 0.296. The van der Waals surface area contributed by atoms with Crippen LogP contribution >= 0.6 is 11.6 Å². The second-order valence-corrected chi connectivity index (χ2v) is 8.94. The smallest absolute Gasteiger partial charge is 0.422 e. The van der Waals surface area contributed by atoms with Crippen LogP contribution in [0.25, 0.3) is 11.3 Å². The van der Waals surface area contributed by atoms with E-state index in [9.17, 15) is 22.8 Å². The number of nitrogens with zero attached hydrogens (tertiary/aromatic N) is 2. The maximum atomic E-state index is 13.4. The summed E-state index contributed by atoms with van der Waals surface area (Å²) in [6.07, 6.45) is -1.30. The molecule has 1 atom stereocenters. The van der Waals surface area contributed by atoms with Crippen molar-refractivity contribution in [3.05, 3.63) is 87.7 Å². The van der Waals surface area contributed by atoms with Crippen LogP contribution < -0.4 is 26.1 Å². The first-order chi connectivity index (χ1) is 18.5. The third kappa shape index (κ3) is 8.25. The number of nitrogens with one attached hydrogen (secondary N) is 1. The van der Waals surface area contributed by atoms with Crippen LogP contribution in [0.1, 0.15) is 31.2 Å². The van der Waals surface area contributed by atoms with E-state index in [1.165, 1.54) is 24.4 Å². The summed E-state index contributed by atoms with van der Waals surface area (Å²) in [5.74, 6) is -0.158. The van der Waals surface area contributed by atoms with E-state index in [1.54, 1.807) is 37.3 Å². The number of aryl methyl sites for hydroxylation is 1. The molecule has 208 valence electrons. The Bertz CT molecular complexity index is 1370. The van der Waals surface area contributed by atoms with E-state index in [4.69, 9.17) is 26.8 Å². The minimum atomic E-state index is -4.57. The van der Waals surface area contributed by atoms with Crippen LogP contribution in [0.3, 0.4) is 0 Å². The predicted molar refractivity (Wildman–Crippen MR) is 142 cm³/mol. The number of ether oxygens (including phenoxy) is 2. The number of rotatable bonds is 11. The zero-order valence-electron chi connectivity index (χ0n) is 21.3. The van der Waals surface area contributed by atoms with Crippen LogP contribution in [0.2, 0.25) is 5.02 Å². The zero-order valence-corrected chi connectivity index (χ0v) is 22.1. The summed E-state index contributed by atoms with van der Waals surface area (Å²) in [6, 6.07) is 12.7. The lowest BCUT2D eigenvalue weighted by Crippen LogP contribution is -2.33. The number of hydrogen-bond acceptors (Lipinski definition) is 6. The number of amides is 1. The number of carbonyl (C=O) groups excluding carboxylic acids is 1. The second-order valence-electron chi connectivity index (χ2n) is 8.50. The highest BCUT2D eigenvalue weighted by atomic mass is 35.5. The van der Waals surface area contributed by atoms with E-state index in [0.29, 0.717) is 29.3 Å². The van der Waals surface area contributed by atoms with Crippen LogP contribution in [0.15, 0.2) is 65.7 Å². The second kappa shape index (κ2) is 13.2. The van der Waals surface area contributed by atoms with Crippen LogP contribution in [-0.2, 0) is 4.79 Å². The Morgan fingerprint density at radius 3 is 2.54 bits per heavy atom. The first-order valence-corrected chi connectivity index (χ1v) is 12.4. The topological polar surface area (TPSA) is 108 Å². The molecule has 0 aliphatic heterocycles. The highest BCUT2D eigenvalue weighted by molar-refractivity contribution is 6.30. The summed E-state index contributed by atoms with van der Waals surface area (Å²) >= 11 is 5.90. The number of benzene rings is 2. The number of nitrogens with two attached hydrogens (primary N) is 1. The average Bonchev–Trinajstić information content (AvgIpc) is 2.90. The van der Waals surface area contributed by atoms with Crippen molar-refractivity contribution in [3.63, 3.8) is 0 Å². The standard InChI is InChI=1S/C27H28ClF3N4O4/c1-3-19(39-20-10-8-18(28)9-11-20)12-13-33-25(36)21(14-32)24-26(37)35(15-17(2)34-24)22-6-4-5-7-23(22)38-16-27(29,30)31/h4-11,14-15,19H,3,12-13,16,32H2,1-2H3,(H,33,36). The molecule has 0 spiro atoms. The summed E-state index contributed by atoms with van der Waals surface area (Å²) < 4.78 is 50.1. The molecule has 12 heteroatoms. The Kier molecular flexibility index (Phi) is 10.00. The normalized spacial score (nSPS) is 12.6. The van der Waals surface area contributed by atoms with Crippen molar-refractivity contribution in [2.24, 2.45) is 5.73 Å². The van der Waals surface area contributed by atoms with Crippen molar-refractivity contribution < 1.29 is 27.4 Å². The molecule has 1 heterocycles. The average molecular weight is 565 g/mol. The molecule has 2 aromatic carbocycles. The van der Waals surface area contributed by atoms with Crippen molar-refractivity contribution in [2.45, 2.75) is 39.0 Å². The van der Waals surface area contributed by atoms with Gasteiger partial charge in [-0.2, -0.15) is 13.2 Å². The number of alkyl halides is 3. The van der Waals surface area contributed by atoms with Crippen molar-refractivity contribution in [3.8, 4) is 17.2 Å². The van der Waals surface area contributed by atoms with E-state index in [1.807, 2.05) is 6.92 Å². The molecule has 0 fully saturated rings. The maximum Gasteiger partial charge on any atom is 0.422 e. The van der Waals surface area contributed by atoms with Crippen LogP contribution in [0.4, 0.5) is 13.2 Å². The number of aromatic nitrogens is 2. The van der Waals surface area contributed by atoms with Crippen molar-refractivity contribution >= 4 is 23.1 Å². The molecule has 8 nitrogen and oxygen atoms in total. The monoisotopic (exact) mass is 564 g/mol. The van der Waals surface area contributed by atoms with E-state index < -0.39 is 24.2 Å². The fourth-order valence-electron chi connectivity index (χ4n) is 3.66. The fourth-order valence-corrected chi connectivity index (χ4v) is 3.79. The summed E-state index contributed by atoms with van der Waals surface area (Å²) in [4.78, 5) is 30.5. The number of hydrogen-bond donors (Lipinski definition) is 2. The van der Waals surface area contributed by atoms with Gasteiger partial charge in [-0.25, -0.2) is 4.98 Å². The number of carbonyl (C=O) groups is 1. The van der Waals surface area contributed by atoms with Crippen molar-refractivity contribution in [1.29, 1.82) is 0 Å². The lowest BCUT2D eigenvalue weighted by Gasteiger charge is -2.18. The van der Waals surface area contributed by atoms with Crippen molar-refractivity contribution in [2.75, 3.05) is 13.2 Å². The molecule has 0 aliphatic carbocycles. The van der Waals surface area contributed by atoms with Gasteiger partial charge in [0, 0.05) is 30.4 Å². The molecule has 3 N–H and O–H groups in total. The molecule has 1 unspecified atom stereocenters. The highest BCUT2D eigenvalue weighted by Crippen LogP contribution is 2.25. The van der Waals surface area contributed by atoms with Gasteiger partial charge in [-0.15, -0.1) is 0 Å². The molecule has 0 radical (unpaired) electrons. The van der Waals surface area contributed by atoms with Crippen LogP contribution in [0, 0.1) is 6.92 Å². The van der Waals surface area contributed by atoms with E-state index in [0.717, 1.165) is 10.8 Å². The summed E-state index contributed by atoms with van der Waals surface area (Å²) in [6.45, 7) is 2.20. The predicted octanol–water partition coefficient (Wildman–Crippen LogP) is 4.80. The molecule has 0 saturated heterocycles. The Hall–Kier alpha value is -3.99. The van der Waals surface area contributed by atoms with E-state index in [-0.39, 0.29) is 35.4 Å². The minimum Gasteiger partial charge on any atom is -0.490 e. The van der Waals surface area contributed by atoms with Gasteiger partial charge in [0.1, 0.15) is 23.3 Å². The minimum absolute atomic E-state index is 0.0559. The van der Waals surface area contributed by atoms with Gasteiger partial charge in [-0.05, 0) is 49.7 Å². The molecule has 39 heavy (non-hydrogen) atoms. The molecule has 3 aromatic rings. The van der Waals surface area contributed by atoms with Gasteiger partial charge in [0.2, 0.25) is 0 Å². The Morgan fingerprint density at radius 2 is 1.90 bits per heavy atom. The molecule has 0 saturated carbocycles. The van der Waals surface area contributed by atoms with Gasteiger partial charge < -0.3 is 20.5 Å². The first kappa shape index (κ1) is 29.6. The van der Waals surface area contributed by atoms with Crippen molar-refractivity contribution in [1.82, 2.24) is 14.9 Å². The lowest BCUT2D eigenvalue weighted by atomic mass is 10.1. The van der Waals surface area contributed by atoms with Gasteiger partial charge >= 0.3 is 6.18 Å². The summed E-state index contributed by atoms with van der Waals surface area (Å²) in [5, 5.41) is 3.31. The van der Waals surface area contributed by atoms with Gasteiger partial charge in [0.25, 0.3) is 11.5 Å². The van der Waals surface area contributed by atoms with Gasteiger partial charge in [0.15, 0.2) is 6.61 Å². The number of halogens is 4. The quantitative estimate of drug-likeness (QED) is 0.324. The molecule has 1 aromatic heterocycles. The Labute approximate surface area is 228 Å². The van der Waals surface area contributed by atoms with Gasteiger partial charge in [-0.1, -0.05) is 30.7 Å². The van der Waals surface area contributed by atoms with E-state index in [2.05, 4.69) is 10.3 Å². The largest absolute Gasteiger partial charge is 0.490 e. The number of para-hydroxylation sites is 2. The Balaban J connectivity index is 1.77. The van der Waals surface area contributed by atoms with E-state index >= 15 is 0 Å². The maximum absolute atomic E-state index is 13.4. The van der Waals surface area contributed by atoms with Gasteiger partial charge in [-0.3, -0.25) is 14.2 Å². The van der Waals surface area contributed by atoms with Crippen LogP contribution in [0.5, 0.6) is 11.5 Å². The SMILES string of the molecule is CCC(CCNC(=O)C(=CN)c1nc(C)cn(-c2ccccc2OCC(F)(F)F)c1=O)Oc1ccc(Cl)cc1. The zero-order chi connectivity index (χ0) is 28.6. The first-order valence-electron chi connectivity index (χ1n) is 12.0. The molecule has 0 bridgehead atoms. The molecule has 1 amide bonds. The summed E-state index contributed by atoms with van der Waals surface area (Å²) in [5.41, 5.74) is 4.90. The third-order valence-electron chi connectivity index (χ3n) is 5.53. The molecular formula is C27H28ClF3N4O4. The lowest BCUT2D eigenvalue weighted by molar-refractivity contribution is -0.153. The van der Waals surface area contributed by atoms with Gasteiger partial charge in [0.05, 0.1) is 17.0 Å². The molecular weight excluding hydrogens is 537 g/mol. The van der Waals surface area contributed by atoms with Crippen LogP contribution in [-0.4, -0.2) is 40.9 Å². The third-order valence-corrected chi connectivity index (χ3v) is 5.78. The molecule has 3 rings (SSSR count). The summed E-state index contributed by atoms with van der Waals surface area (Å²) in [7, 11) is 0. The Morgan fingerprint density at radius 1 is 1.21 bits per heavy atom.